The smallest absolute Gasteiger partial charge is 0.139 e. The number of thiophene rings is 5. The number of rotatable bonds is 15. The molecule has 5 fully saturated rings. The third kappa shape index (κ3) is 18.9. The minimum atomic E-state index is -0.663. The highest BCUT2D eigenvalue weighted by molar-refractivity contribution is 7.19. The zero-order valence-corrected chi connectivity index (χ0v) is 72.3. The molecule has 0 amide bonds. The predicted molar refractivity (Wildman–Crippen MR) is 477 cm³/mol. The summed E-state index contributed by atoms with van der Waals surface area (Å²) in [4.78, 5) is 45.4. The van der Waals surface area contributed by atoms with E-state index in [0.717, 1.165) is 170 Å². The molecule has 652 valence electrons. The number of ether oxygens (including phenoxy) is 5. The number of fused-ring (bicyclic) bond motifs is 15. The first-order valence-corrected chi connectivity index (χ1v) is 44.9. The number of nitriles is 5. The fourth-order valence-electron chi connectivity index (χ4n) is 17.1. The van der Waals surface area contributed by atoms with E-state index in [1.807, 2.05) is 57.2 Å². The van der Waals surface area contributed by atoms with Crippen LogP contribution in [-0.4, -0.2) is 178 Å². The number of nitrogens with zero attached hydrogens (tertiary/aromatic N) is 20. The van der Waals surface area contributed by atoms with E-state index < -0.39 is 30.5 Å². The Kier molecular flexibility index (Phi) is 31.0. The number of hydrogen-bond donors (Lipinski definition) is 5. The van der Waals surface area contributed by atoms with E-state index in [4.69, 9.17) is 50.0 Å². The van der Waals surface area contributed by atoms with Gasteiger partial charge in [-0.3, -0.25) is 24.9 Å². The predicted octanol–water partition coefficient (Wildman–Crippen LogP) is 14.8. The highest BCUT2D eigenvalue weighted by Gasteiger charge is 2.36. The van der Waals surface area contributed by atoms with Gasteiger partial charge in [-0.2, -0.15) is 26.3 Å². The Hall–Kier alpha value is -10.2. The van der Waals surface area contributed by atoms with Crippen molar-refractivity contribution in [3.63, 3.8) is 0 Å². The quantitative estimate of drug-likeness (QED) is 0.0636. The van der Waals surface area contributed by atoms with Crippen LogP contribution in [0.25, 0.3) is 106 Å². The van der Waals surface area contributed by atoms with Crippen LogP contribution >= 0.6 is 56.7 Å². The van der Waals surface area contributed by atoms with Crippen LogP contribution in [0.2, 0.25) is 0 Å². The van der Waals surface area contributed by atoms with Gasteiger partial charge in [0.05, 0.1) is 266 Å². The molecule has 124 heavy (non-hydrogen) atoms. The average Bonchev–Trinajstić information content (AvgIpc) is 1.62. The number of aliphatic hydroxyl groups is 5. The molecule has 5 saturated heterocycles. The molecule has 0 saturated carbocycles. The first-order chi connectivity index (χ1) is 58.4. The van der Waals surface area contributed by atoms with Gasteiger partial charge in [-0.05, 0) is 156 Å². The van der Waals surface area contributed by atoms with Crippen molar-refractivity contribution in [2.75, 3.05) is 33.0 Å². The van der Waals surface area contributed by atoms with Crippen molar-refractivity contribution in [3.05, 3.63) is 117 Å². The Labute approximate surface area is 733 Å². The van der Waals surface area contributed by atoms with Crippen LogP contribution in [0, 0.1) is 56.7 Å². The van der Waals surface area contributed by atoms with Crippen molar-refractivity contribution in [2.45, 2.75) is 230 Å². The molecule has 5 aliphatic heterocycles. The average molecular weight is 1780 g/mol. The van der Waals surface area contributed by atoms with Crippen molar-refractivity contribution < 1.29 is 65.6 Å². The molecule has 15 atom stereocenters. The van der Waals surface area contributed by atoms with Gasteiger partial charge in [0, 0.05) is 0 Å². The molecule has 15 aromatic rings. The van der Waals surface area contributed by atoms with E-state index in [9.17, 15) is 25.5 Å². The van der Waals surface area contributed by atoms with Crippen LogP contribution in [0.15, 0.2) is 88.2 Å². The summed E-state index contributed by atoms with van der Waals surface area (Å²) in [6, 6.07) is 21.4. The van der Waals surface area contributed by atoms with Gasteiger partial charge in [-0.25, -0.2) is 24.9 Å². The Morgan fingerprint density at radius 2 is 0.476 bits per heavy atom. The summed E-state index contributed by atoms with van der Waals surface area (Å²) < 4.78 is 45.4. The van der Waals surface area contributed by atoms with Gasteiger partial charge >= 0.3 is 0 Å². The molecule has 0 aromatic carbocycles. The molecular weight excluding hydrogens is 1680 g/mol. The first-order valence-electron chi connectivity index (χ1n) is 40.5. The van der Waals surface area contributed by atoms with Crippen LogP contribution < -0.4 is 0 Å². The van der Waals surface area contributed by atoms with Crippen LogP contribution in [0.3, 0.4) is 0 Å². The van der Waals surface area contributed by atoms with Gasteiger partial charge in [0.25, 0.3) is 0 Å². The fourth-order valence-corrected chi connectivity index (χ4v) is 21.5. The van der Waals surface area contributed by atoms with Crippen LogP contribution in [0.4, 0.5) is 0 Å². The Balaban J connectivity index is 0.000000140. The van der Waals surface area contributed by atoms with Crippen molar-refractivity contribution in [3.8, 4) is 30.3 Å². The lowest BCUT2D eigenvalue weighted by atomic mass is 10.0. The maximum absolute atomic E-state index is 10.2. The largest absolute Gasteiger partial charge is 0.412 e. The first kappa shape index (κ1) is 93.0. The van der Waals surface area contributed by atoms with E-state index in [0.29, 0.717) is 94.3 Å². The molecule has 0 spiro atoms. The third-order valence-electron chi connectivity index (χ3n) is 22.8. The number of imidazole rings is 5. The molecule has 15 aromatic heterocycles. The number of pyridine rings is 5. The molecule has 0 bridgehead atoms. The third-order valence-corrected chi connectivity index (χ3v) is 27.3. The normalized spacial score (nSPS) is 22.0. The molecule has 0 unspecified atom stereocenters. The summed E-state index contributed by atoms with van der Waals surface area (Å²) in [5.74, 6) is 3.26. The number of aliphatic hydroxyl groups excluding tert-OH is 5. The molecular formula is C86H100N20O13S5. The molecule has 20 heterocycles. The molecule has 0 radical (unpaired) electrons. The van der Waals surface area contributed by atoms with Crippen molar-refractivity contribution in [1.29, 1.82) is 26.3 Å². The number of aromatic nitrogens is 15. The van der Waals surface area contributed by atoms with Crippen molar-refractivity contribution in [2.24, 2.45) is 0 Å². The zero-order valence-electron chi connectivity index (χ0n) is 68.2. The Morgan fingerprint density at radius 1 is 0.306 bits per heavy atom. The second kappa shape index (κ2) is 41.3. The maximum Gasteiger partial charge on any atom is 0.139 e. The lowest BCUT2D eigenvalue weighted by molar-refractivity contribution is -0.00960. The Morgan fingerprint density at radius 3 is 0.613 bits per heavy atom. The molecule has 20 rings (SSSR count). The van der Waals surface area contributed by atoms with Gasteiger partial charge in [0.15, 0.2) is 0 Å². The Bertz CT molecular complexity index is 5480. The van der Waals surface area contributed by atoms with E-state index in [-0.39, 0.29) is 84.6 Å². The second-order valence-corrected chi connectivity index (χ2v) is 35.5. The van der Waals surface area contributed by atoms with Crippen molar-refractivity contribution >= 4 is 163 Å². The zero-order chi connectivity index (χ0) is 83.4. The fraction of sp³-hybridized carbons (Fsp3) is 0.477. The second-order valence-electron chi connectivity index (χ2n) is 31.0. The summed E-state index contributed by atoms with van der Waals surface area (Å²) in [7, 11) is 0. The maximum atomic E-state index is 10.2. The highest BCUT2D eigenvalue weighted by atomic mass is 32.1. The van der Waals surface area contributed by atoms with Gasteiger partial charge in [0.1, 0.15) is 87.2 Å². The molecule has 33 nitrogen and oxygen atoms in total. The van der Waals surface area contributed by atoms with Gasteiger partial charge in [0.2, 0.25) is 0 Å². The lowest BCUT2D eigenvalue weighted by Crippen LogP contribution is -2.29. The SMILES string of the molecule is C.C[C@@H](O)c1nc2cnc3ccsc3c2n1[C@H]1CC[C@@H](CC#N)OC1.C[C@@H](O)c1nc2cnc3ccsc3c2n1[C@H]1CC[C@H](CC#N)OC1.C[C@@H](O)c1nc2cnc3ccsc3c2n1[C@H]1CC[C@H](CC#N)OC1.C[C@@H](O)c1nc2cnc3ccsc3c2n1[C@H]1CC[C@H](CC#N)OC1.C[C@@H](O)c1nc2cnc3ccsc3c2n1[C@H]1CC[C@H](CC#N)OC1.O.O.O. The van der Waals surface area contributed by atoms with Crippen molar-refractivity contribution in [1.82, 2.24) is 72.7 Å². The molecule has 11 N–H and O–H groups in total. The summed E-state index contributed by atoms with van der Waals surface area (Å²) in [5, 5.41) is 105. The van der Waals surface area contributed by atoms with Crippen LogP contribution in [-0.2, 0) is 23.7 Å². The summed E-state index contributed by atoms with van der Waals surface area (Å²) in [5.41, 5.74) is 13.9. The van der Waals surface area contributed by atoms with E-state index in [1.54, 1.807) is 122 Å². The summed E-state index contributed by atoms with van der Waals surface area (Å²) in [6.45, 7) is 11.3. The van der Waals surface area contributed by atoms with Gasteiger partial charge < -0.3 is 88.5 Å². The van der Waals surface area contributed by atoms with Gasteiger partial charge in [-0.1, -0.05) is 7.43 Å². The highest BCUT2D eigenvalue weighted by Crippen LogP contribution is 2.44. The van der Waals surface area contributed by atoms with E-state index >= 15 is 0 Å². The standard InChI is InChI=1S/5C17H18N4O2S.CH4.3H2O/c5*1-10(22)17-20-14-8-19-13-5-7-24-16(13)15(14)21(17)11-2-3-12(4-6-18)23-9-11;;;;/h5*5,7-8,10-12,22H,2-4,9H2,1H3;1H4;3*1H2/t10-,11+,12+;4*10-,11+,12-;;;;/m11111..../s1. The van der Waals surface area contributed by atoms with Crippen LogP contribution in [0.5, 0.6) is 0 Å². The number of hydrogen-bond acceptors (Lipinski definition) is 30. The molecule has 5 aliphatic rings. The summed E-state index contributed by atoms with van der Waals surface area (Å²) >= 11 is 8.20. The molecule has 0 aliphatic carbocycles. The minimum Gasteiger partial charge on any atom is -0.412 e. The van der Waals surface area contributed by atoms with Gasteiger partial charge in [-0.15, -0.1) is 56.7 Å². The molecule has 38 heteroatoms. The van der Waals surface area contributed by atoms with E-state index in [2.05, 4.69) is 103 Å². The monoisotopic (exact) mass is 1780 g/mol. The van der Waals surface area contributed by atoms with Crippen LogP contribution in [0.1, 0.15) is 228 Å². The minimum absolute atomic E-state index is 0. The van der Waals surface area contributed by atoms with E-state index in [1.165, 1.54) is 0 Å². The summed E-state index contributed by atoms with van der Waals surface area (Å²) in [6.07, 6.45) is 16.5. The lowest BCUT2D eigenvalue weighted by Gasteiger charge is -2.30. The topological polar surface area (TPSA) is 514 Å².